The van der Waals surface area contributed by atoms with Gasteiger partial charge in [-0.25, -0.2) is 0 Å². The Morgan fingerprint density at radius 1 is 0.962 bits per heavy atom. The van der Waals surface area contributed by atoms with Crippen LogP contribution in [0.1, 0.15) is 105 Å². The molecule has 0 spiro atoms. The molecule has 4 saturated carbocycles. The largest absolute Gasteiger partial charge is 0.481 e. The third-order valence-electron chi connectivity index (χ3n) is 17.1. The second-order valence-electron chi connectivity index (χ2n) is 19.5. The Bertz CT molecular complexity index is 1320. The summed E-state index contributed by atoms with van der Waals surface area (Å²) in [6.45, 7) is 22.9. The smallest absolute Gasteiger partial charge is 0.315 e. The number of rotatable bonds is 15. The molecule has 0 aromatic carbocycles. The van der Waals surface area contributed by atoms with Gasteiger partial charge in [-0.3, -0.25) is 19.5 Å². The normalized spacial score (nSPS) is 42.6. The molecule has 3 saturated heterocycles. The molecule has 3 heterocycles. The lowest BCUT2D eigenvalue weighted by atomic mass is 9.41. The Labute approximate surface area is 315 Å². The van der Waals surface area contributed by atoms with E-state index in [2.05, 4.69) is 53.4 Å². The molecule has 8 heteroatoms. The molecule has 3 unspecified atom stereocenters. The Hall–Kier alpha value is -1.32. The maximum Gasteiger partial charge on any atom is 0.315 e. The van der Waals surface area contributed by atoms with E-state index in [9.17, 15) is 14.7 Å². The van der Waals surface area contributed by atoms with Crippen LogP contribution in [0.25, 0.3) is 0 Å². The van der Waals surface area contributed by atoms with Crippen molar-refractivity contribution >= 4 is 12.3 Å². The molecule has 8 rings (SSSR count). The average Bonchev–Trinajstić information content (AvgIpc) is 4.00. The topological polar surface area (TPSA) is 76.6 Å². The number of carbonyl (C=O) groups excluding carboxylic acids is 1. The van der Waals surface area contributed by atoms with E-state index in [1.54, 1.807) is 0 Å². The maximum atomic E-state index is 14.3. The van der Waals surface area contributed by atoms with Gasteiger partial charge in [0.25, 0.3) is 0 Å². The highest BCUT2D eigenvalue weighted by Gasteiger charge is 2.86. The molecule has 52 heavy (non-hydrogen) atoms. The van der Waals surface area contributed by atoms with E-state index >= 15 is 0 Å². The van der Waals surface area contributed by atoms with E-state index < -0.39 is 22.2 Å². The van der Waals surface area contributed by atoms with Gasteiger partial charge in [-0.1, -0.05) is 71.4 Å². The Morgan fingerprint density at radius 3 is 2.27 bits per heavy atom. The summed E-state index contributed by atoms with van der Waals surface area (Å²) in [5, 5.41) is 11.7. The van der Waals surface area contributed by atoms with Gasteiger partial charge in [0.1, 0.15) is 11.7 Å². The van der Waals surface area contributed by atoms with Crippen LogP contribution in [-0.4, -0.2) is 128 Å². The zero-order chi connectivity index (χ0) is 36.3. The molecular weight excluding hydrogens is 649 g/mol. The standard InChI is InChI=1S/C44H72N4O4/c1-5-45(16-17-47-20-22-48(23-21-47)19-18-46-14-8-9-15-46)29-39-34(24-33-10-6-7-11-33)25-40(52-39)43-28-36-32(4)12-13-37(36)42(30-49)27-35(43)26-38(31(2)3)44(42,43)41(50)51/h26,30-37,39-40H,5-25,27-29H2,1-4H3,(H,50,51)/t32-,34+,35?,36-,37-,39+,40-,42?,43?,44+/m1/s1. The van der Waals surface area contributed by atoms with Gasteiger partial charge < -0.3 is 19.5 Å². The third-order valence-corrected chi connectivity index (χ3v) is 17.1. The molecule has 3 aliphatic heterocycles. The second-order valence-corrected chi connectivity index (χ2v) is 19.5. The minimum Gasteiger partial charge on any atom is -0.481 e. The Balaban J connectivity index is 1.01. The van der Waals surface area contributed by atoms with Crippen LogP contribution in [0.4, 0.5) is 0 Å². The van der Waals surface area contributed by atoms with Crippen LogP contribution in [0.2, 0.25) is 0 Å². The highest BCUT2D eigenvalue weighted by molar-refractivity contribution is 5.90. The van der Waals surface area contributed by atoms with Crippen LogP contribution in [0.3, 0.4) is 0 Å². The first-order valence-electron chi connectivity index (χ1n) is 22.1. The lowest BCUT2D eigenvalue weighted by molar-refractivity contribution is -0.197. The van der Waals surface area contributed by atoms with Crippen LogP contribution in [0, 0.1) is 57.7 Å². The highest BCUT2D eigenvalue weighted by atomic mass is 16.5. The summed E-state index contributed by atoms with van der Waals surface area (Å²) in [5.41, 5.74) is -1.45. The van der Waals surface area contributed by atoms with E-state index in [1.165, 1.54) is 90.5 Å². The monoisotopic (exact) mass is 721 g/mol. The zero-order valence-electron chi connectivity index (χ0n) is 33.3. The molecule has 8 nitrogen and oxygen atoms in total. The molecule has 8 aliphatic rings. The highest BCUT2D eigenvalue weighted by Crippen LogP contribution is 2.84. The van der Waals surface area contributed by atoms with E-state index in [-0.39, 0.29) is 30.0 Å². The van der Waals surface area contributed by atoms with Gasteiger partial charge in [-0.05, 0) is 106 Å². The summed E-state index contributed by atoms with van der Waals surface area (Å²) in [6, 6.07) is 0. The predicted molar refractivity (Wildman–Crippen MR) is 206 cm³/mol. The SMILES string of the molecule is CCN(CCN1CCN(CCN2CCCC2)CC1)C[C@@H]1O[C@@H](C23C[C@@H]4[C@H](C)CC[C@H]4C4(C=O)CC2C=C(C(C)C)[C@]43C(=O)O)C[C@@H]1CC1CCCC1. The number of carbonyl (C=O) groups is 2. The summed E-state index contributed by atoms with van der Waals surface area (Å²) in [4.78, 5) is 38.6. The minimum atomic E-state index is -1.15. The molecule has 0 aromatic rings. The number of likely N-dealkylation sites (N-methyl/N-ethyl adjacent to an activating group) is 1. The molecule has 292 valence electrons. The number of ether oxygens (including phenoxy) is 1. The zero-order valence-corrected chi connectivity index (χ0v) is 33.3. The molecule has 0 aromatic heterocycles. The van der Waals surface area contributed by atoms with Crippen molar-refractivity contribution in [2.75, 3.05) is 78.5 Å². The van der Waals surface area contributed by atoms with Crippen LogP contribution in [0.15, 0.2) is 11.6 Å². The van der Waals surface area contributed by atoms with Crippen molar-refractivity contribution in [2.45, 2.75) is 117 Å². The summed E-state index contributed by atoms with van der Waals surface area (Å²) < 4.78 is 7.53. The van der Waals surface area contributed by atoms with Gasteiger partial charge >= 0.3 is 5.97 Å². The second kappa shape index (κ2) is 15.0. The van der Waals surface area contributed by atoms with Gasteiger partial charge in [0, 0.05) is 64.3 Å². The fourth-order valence-electron chi connectivity index (χ4n) is 14.5. The summed E-state index contributed by atoms with van der Waals surface area (Å²) >= 11 is 0. The summed E-state index contributed by atoms with van der Waals surface area (Å²) in [6.07, 6.45) is 17.6. The number of hydrogen-bond donors (Lipinski definition) is 1. The molecular formula is C44H72N4O4. The number of aliphatic carboxylic acids is 1. The number of carboxylic acids is 1. The van der Waals surface area contributed by atoms with Crippen molar-refractivity contribution in [1.82, 2.24) is 19.6 Å². The van der Waals surface area contributed by atoms with E-state index in [0.717, 1.165) is 76.4 Å². The Morgan fingerprint density at radius 2 is 1.63 bits per heavy atom. The number of fused-ring (bicyclic) bond motifs is 2. The van der Waals surface area contributed by atoms with Crippen LogP contribution >= 0.6 is 0 Å². The lowest BCUT2D eigenvalue weighted by Gasteiger charge is -2.60. The number of nitrogens with zero attached hydrogens (tertiary/aromatic N) is 4. The molecule has 10 atom stereocenters. The average molecular weight is 721 g/mol. The molecule has 5 aliphatic carbocycles. The Kier molecular flexibility index (Phi) is 10.8. The minimum absolute atomic E-state index is 0.101. The molecule has 0 radical (unpaired) electrons. The number of piperazine rings is 1. The predicted octanol–water partition coefficient (Wildman–Crippen LogP) is 6.30. The van der Waals surface area contributed by atoms with Crippen molar-refractivity contribution in [3.63, 3.8) is 0 Å². The van der Waals surface area contributed by atoms with E-state index in [4.69, 9.17) is 4.74 Å². The molecule has 0 amide bonds. The van der Waals surface area contributed by atoms with Crippen LogP contribution < -0.4 is 0 Å². The van der Waals surface area contributed by atoms with Crippen LogP contribution in [0.5, 0.6) is 0 Å². The number of hydrogen-bond acceptors (Lipinski definition) is 7. The number of likely N-dealkylation sites (tertiary alicyclic amines) is 1. The fraction of sp³-hybridized carbons (Fsp3) is 0.909. The van der Waals surface area contributed by atoms with Gasteiger partial charge in [0.05, 0.1) is 17.6 Å². The fourth-order valence-corrected chi connectivity index (χ4v) is 14.5. The quantitative estimate of drug-likeness (QED) is 0.156. The summed E-state index contributed by atoms with van der Waals surface area (Å²) in [7, 11) is 0. The number of allylic oxidation sites excluding steroid dienone is 1. The lowest BCUT2D eigenvalue weighted by Crippen LogP contribution is -2.65. The molecule has 4 bridgehead atoms. The van der Waals surface area contributed by atoms with Crippen molar-refractivity contribution in [3.8, 4) is 0 Å². The number of carboxylic acid groups (broad SMARTS) is 1. The first kappa shape index (κ1) is 37.6. The van der Waals surface area contributed by atoms with Crippen molar-refractivity contribution in [1.29, 1.82) is 0 Å². The van der Waals surface area contributed by atoms with Crippen molar-refractivity contribution in [2.24, 2.45) is 57.7 Å². The van der Waals surface area contributed by atoms with Crippen molar-refractivity contribution in [3.05, 3.63) is 11.6 Å². The first-order valence-corrected chi connectivity index (χ1v) is 22.1. The van der Waals surface area contributed by atoms with Gasteiger partial charge in [0.2, 0.25) is 0 Å². The van der Waals surface area contributed by atoms with E-state index in [1.807, 2.05) is 0 Å². The number of aldehydes is 1. The van der Waals surface area contributed by atoms with E-state index in [0.29, 0.717) is 24.2 Å². The van der Waals surface area contributed by atoms with Gasteiger partial charge in [0.15, 0.2) is 0 Å². The van der Waals surface area contributed by atoms with Crippen molar-refractivity contribution < 1.29 is 19.4 Å². The summed E-state index contributed by atoms with van der Waals surface area (Å²) in [5.74, 6) is 1.81. The first-order chi connectivity index (χ1) is 25.2. The van der Waals surface area contributed by atoms with Gasteiger partial charge in [-0.15, -0.1) is 0 Å². The maximum absolute atomic E-state index is 14.3. The molecule has 7 fully saturated rings. The van der Waals surface area contributed by atoms with Gasteiger partial charge in [-0.2, -0.15) is 0 Å². The third kappa shape index (κ3) is 5.92. The molecule has 1 N–H and O–H groups in total. The van der Waals surface area contributed by atoms with Crippen LogP contribution in [-0.2, 0) is 14.3 Å².